The summed E-state index contributed by atoms with van der Waals surface area (Å²) in [5.74, 6) is 0. The van der Waals surface area contributed by atoms with Gasteiger partial charge in [-0.15, -0.1) is 5.23 Å². The van der Waals surface area contributed by atoms with Crippen molar-refractivity contribution in [1.82, 2.24) is 0 Å². The van der Waals surface area contributed by atoms with Crippen LogP contribution in [0, 0.1) is 0 Å². The zero-order valence-corrected chi connectivity index (χ0v) is 6.85. The summed E-state index contributed by atoms with van der Waals surface area (Å²) in [5.41, 5.74) is 0.836. The number of anilines is 1. The van der Waals surface area contributed by atoms with Crippen LogP contribution in [0.15, 0.2) is 24.3 Å². The lowest BCUT2D eigenvalue weighted by Crippen LogP contribution is -2.27. The van der Waals surface area contributed by atoms with Crippen LogP contribution in [0.4, 0.5) is 10.1 Å². The van der Waals surface area contributed by atoms with E-state index in [1.165, 1.54) is 0 Å². The normalized spacial score (nSPS) is 20.5. The molecule has 2 rings (SSSR count). The van der Waals surface area contributed by atoms with Crippen molar-refractivity contribution in [3.05, 3.63) is 29.8 Å². The van der Waals surface area contributed by atoms with Gasteiger partial charge in [0.1, 0.15) is 12.3 Å². The van der Waals surface area contributed by atoms with Crippen molar-refractivity contribution < 1.29 is 14.4 Å². The highest BCUT2D eigenvalue weighted by Gasteiger charge is 2.24. The van der Waals surface area contributed by atoms with Gasteiger partial charge in [-0.25, -0.2) is 9.23 Å². The van der Waals surface area contributed by atoms with E-state index >= 15 is 0 Å². The molecule has 0 bridgehead atoms. The number of nitrogens with zero attached hydrogens (tertiary/aromatic N) is 1. The van der Waals surface area contributed by atoms with Crippen LogP contribution in [-0.2, 0) is 4.84 Å². The number of hydrogen-bond donors (Lipinski definition) is 1. The van der Waals surface area contributed by atoms with Crippen molar-refractivity contribution in [3.63, 3.8) is 0 Å². The lowest BCUT2D eigenvalue weighted by molar-refractivity contribution is -0.0708. The fourth-order valence-corrected chi connectivity index (χ4v) is 1.22. The average Bonchev–Trinajstić information content (AvgIpc) is 2.12. The Balaban J connectivity index is 0.000000845. The van der Waals surface area contributed by atoms with Crippen molar-refractivity contribution >= 4 is 14.1 Å². The summed E-state index contributed by atoms with van der Waals surface area (Å²) in [6, 6.07) is 6.67. The molecule has 1 aliphatic rings. The van der Waals surface area contributed by atoms with Gasteiger partial charge in [0.25, 0.3) is 0 Å². The summed E-state index contributed by atoms with van der Waals surface area (Å²) in [7, 11) is 0. The number of halogens is 1. The number of benzene rings is 1. The predicted octanol–water partition coefficient (Wildman–Crippen LogP) is 1.46. The number of para-hydroxylation sites is 1. The van der Waals surface area contributed by atoms with Gasteiger partial charge in [-0.2, -0.15) is 0 Å². The minimum atomic E-state index is -1.15. The summed E-state index contributed by atoms with van der Waals surface area (Å²) < 4.78 is 13.1. The topological polar surface area (TPSA) is 32.7 Å². The molecule has 0 aliphatic carbocycles. The maximum Gasteiger partial charge on any atom is 0.153 e. The van der Waals surface area contributed by atoms with E-state index in [0.29, 0.717) is 16.5 Å². The molecule has 0 spiro atoms. The van der Waals surface area contributed by atoms with E-state index in [4.69, 9.17) is 5.21 Å². The Labute approximate surface area is 77.2 Å². The van der Waals surface area contributed by atoms with Gasteiger partial charge in [0.2, 0.25) is 0 Å². The van der Waals surface area contributed by atoms with E-state index in [-0.39, 0.29) is 15.0 Å². The fraction of sp³-hybridized carbons (Fsp3) is 0.250. The van der Waals surface area contributed by atoms with Gasteiger partial charge in [-0.3, -0.25) is 5.21 Å². The Hall–Kier alpha value is -1.07. The average molecular weight is 180 g/mol. The van der Waals surface area contributed by atoms with Gasteiger partial charge in [0, 0.05) is 14.0 Å². The second-order valence-electron chi connectivity index (χ2n) is 2.60. The van der Waals surface area contributed by atoms with E-state index in [9.17, 15) is 4.39 Å². The standard InChI is InChI=1S/C8H8FNO2.B/c9-7-5-12-10(11)8-4-2-1-3-6(7)8;/h1-4,7,11H,5H2;. The van der Waals surface area contributed by atoms with E-state index in [1.807, 2.05) is 0 Å². The van der Waals surface area contributed by atoms with E-state index in [1.54, 1.807) is 24.3 Å². The highest BCUT2D eigenvalue weighted by Crippen LogP contribution is 2.32. The third-order valence-corrected chi connectivity index (χ3v) is 1.82. The minimum Gasteiger partial charge on any atom is -0.264 e. The molecule has 0 aromatic heterocycles. The van der Waals surface area contributed by atoms with Crippen molar-refractivity contribution in [2.75, 3.05) is 11.8 Å². The van der Waals surface area contributed by atoms with Gasteiger partial charge in [-0.05, 0) is 6.07 Å². The van der Waals surface area contributed by atoms with E-state index in [0.717, 1.165) is 0 Å². The van der Waals surface area contributed by atoms with Crippen molar-refractivity contribution in [2.24, 2.45) is 0 Å². The first kappa shape index (κ1) is 10.0. The molecule has 1 atom stereocenters. The molecule has 1 heterocycles. The molecular formula is C8H8BFNO2. The minimum absolute atomic E-state index is 0. The number of fused-ring (bicyclic) bond motifs is 1. The van der Waals surface area contributed by atoms with Crippen LogP contribution in [-0.4, -0.2) is 20.2 Å². The zero-order chi connectivity index (χ0) is 8.55. The Bertz CT molecular complexity index is 268. The molecule has 13 heavy (non-hydrogen) atoms. The van der Waals surface area contributed by atoms with Crippen molar-refractivity contribution in [3.8, 4) is 0 Å². The lowest BCUT2D eigenvalue weighted by atomic mass is 10.1. The maximum atomic E-state index is 13.1. The van der Waals surface area contributed by atoms with Crippen LogP contribution in [0.3, 0.4) is 0 Å². The molecule has 0 saturated heterocycles. The summed E-state index contributed by atoms with van der Waals surface area (Å²) in [6.45, 7) is -0.131. The molecule has 0 saturated carbocycles. The quantitative estimate of drug-likeness (QED) is 0.613. The predicted molar refractivity (Wildman–Crippen MR) is 46.3 cm³/mol. The number of rotatable bonds is 0. The zero-order valence-electron chi connectivity index (χ0n) is 6.85. The lowest BCUT2D eigenvalue weighted by Gasteiger charge is -2.26. The highest BCUT2D eigenvalue weighted by atomic mass is 19.1. The van der Waals surface area contributed by atoms with Crippen LogP contribution in [0.5, 0.6) is 0 Å². The molecule has 1 N–H and O–H groups in total. The van der Waals surface area contributed by atoms with Crippen LogP contribution >= 0.6 is 0 Å². The Morgan fingerprint density at radius 2 is 2.15 bits per heavy atom. The Morgan fingerprint density at radius 3 is 2.85 bits per heavy atom. The Morgan fingerprint density at radius 1 is 1.46 bits per heavy atom. The van der Waals surface area contributed by atoms with Crippen molar-refractivity contribution in [2.45, 2.75) is 6.17 Å². The molecule has 3 radical (unpaired) electrons. The third kappa shape index (κ3) is 1.66. The van der Waals surface area contributed by atoms with Gasteiger partial charge in [0.15, 0.2) is 6.17 Å². The first-order chi connectivity index (χ1) is 5.79. The molecule has 67 valence electrons. The van der Waals surface area contributed by atoms with Crippen LogP contribution in [0.25, 0.3) is 0 Å². The Kier molecular flexibility index (Phi) is 2.90. The summed E-state index contributed by atoms with van der Waals surface area (Å²) in [4.78, 5) is 4.63. The summed E-state index contributed by atoms with van der Waals surface area (Å²) >= 11 is 0. The van der Waals surface area contributed by atoms with Gasteiger partial charge >= 0.3 is 0 Å². The van der Waals surface area contributed by atoms with Gasteiger partial charge in [0.05, 0.1) is 0 Å². The molecule has 5 heteroatoms. The number of alkyl halides is 1. The molecular weight excluding hydrogens is 172 g/mol. The molecule has 1 aromatic rings. The van der Waals surface area contributed by atoms with Crippen LogP contribution < -0.4 is 5.23 Å². The first-order valence-corrected chi connectivity index (χ1v) is 3.64. The first-order valence-electron chi connectivity index (χ1n) is 3.64. The second-order valence-corrected chi connectivity index (χ2v) is 2.60. The van der Waals surface area contributed by atoms with Crippen LogP contribution in [0.2, 0.25) is 0 Å². The molecule has 3 nitrogen and oxygen atoms in total. The van der Waals surface area contributed by atoms with Crippen molar-refractivity contribution in [1.29, 1.82) is 0 Å². The summed E-state index contributed by atoms with van der Waals surface area (Å²) in [6.07, 6.45) is -1.15. The molecule has 0 fully saturated rings. The largest absolute Gasteiger partial charge is 0.264 e. The second kappa shape index (κ2) is 3.76. The molecule has 1 aromatic carbocycles. The SMILES string of the molecule is ON1OCC(F)c2ccccc21.[B]. The van der Waals surface area contributed by atoms with Gasteiger partial charge in [-0.1, -0.05) is 18.2 Å². The van der Waals surface area contributed by atoms with E-state index in [2.05, 4.69) is 4.84 Å². The van der Waals surface area contributed by atoms with Gasteiger partial charge < -0.3 is 0 Å². The smallest absolute Gasteiger partial charge is 0.153 e. The molecule has 1 unspecified atom stereocenters. The van der Waals surface area contributed by atoms with E-state index < -0.39 is 6.17 Å². The summed E-state index contributed by atoms with van der Waals surface area (Å²) in [5, 5.41) is 9.73. The fourth-order valence-electron chi connectivity index (χ4n) is 1.22. The highest BCUT2D eigenvalue weighted by molar-refractivity contribution is 5.75. The van der Waals surface area contributed by atoms with Crippen LogP contribution in [0.1, 0.15) is 11.7 Å². The maximum absolute atomic E-state index is 13.1. The molecule has 1 aliphatic heterocycles. The third-order valence-electron chi connectivity index (χ3n) is 1.82. The molecule has 0 amide bonds. The monoisotopic (exact) mass is 180 g/mol. The number of hydrogen-bond acceptors (Lipinski definition) is 3.